The van der Waals surface area contributed by atoms with Gasteiger partial charge in [0.1, 0.15) is 11.5 Å². The lowest BCUT2D eigenvalue weighted by Gasteiger charge is -2.16. The number of phenolic OH excluding ortho intramolecular Hbond substituents is 2. The van der Waals surface area contributed by atoms with Gasteiger partial charge in [-0.25, -0.2) is 0 Å². The number of halogens is 5. The maximum atomic E-state index is 10.4. The predicted molar refractivity (Wildman–Crippen MR) is 231 cm³/mol. The Hall–Kier alpha value is -3.41. The van der Waals surface area contributed by atoms with Crippen LogP contribution in [0, 0.1) is 0 Å². The van der Waals surface area contributed by atoms with E-state index in [4.69, 9.17) is 58.0 Å². The van der Waals surface area contributed by atoms with Gasteiger partial charge in [-0.2, -0.15) is 0 Å². The van der Waals surface area contributed by atoms with Crippen LogP contribution in [0.25, 0.3) is 0 Å². The average molecular weight is 875 g/mol. The standard InChI is InChI=1S/C21H18Cl3NO2S.C21H19Cl2NO2S/c1-12(26)16-8-14(22)9-19(21(16)27)25-11-13-4-2-3-5-20(13)28-15-6-7-17(23)18(24)10-15;1-13(25)18-10-16(23)11-19(21(18)26)24-12-14-5-2-3-8-20(14)27-17-7-4-6-15(22)9-17/h2-10,12,25-27H,11H2,1H3;2-11,13,24-26H,12H2,1H3. The van der Waals surface area contributed by atoms with Crippen molar-refractivity contribution in [1.82, 2.24) is 0 Å². The SMILES string of the molecule is CC(O)c1cc(Cl)cc(NCc2ccccc2Sc2ccc(Cl)c(Cl)c2)c1O.CC(O)c1cc(Cl)cc(NCc2ccccc2Sc2cccc(Cl)c2)c1O. The van der Waals surface area contributed by atoms with Gasteiger partial charge in [-0.1, -0.05) is 124 Å². The van der Waals surface area contributed by atoms with Gasteiger partial charge in [0.25, 0.3) is 0 Å². The van der Waals surface area contributed by atoms with E-state index in [2.05, 4.69) is 10.6 Å². The van der Waals surface area contributed by atoms with Crippen molar-refractivity contribution in [3.05, 3.63) is 163 Å². The molecule has 0 aliphatic rings. The molecule has 13 heteroatoms. The van der Waals surface area contributed by atoms with Gasteiger partial charge in [-0.3, -0.25) is 0 Å². The third-order valence-electron chi connectivity index (χ3n) is 8.14. The molecule has 6 aromatic rings. The minimum absolute atomic E-state index is 0.00554. The second-order valence-electron chi connectivity index (χ2n) is 12.3. The first kappa shape index (κ1) is 42.7. The average Bonchev–Trinajstić information content (AvgIpc) is 3.14. The van der Waals surface area contributed by atoms with Crippen molar-refractivity contribution in [3.8, 4) is 11.5 Å². The summed E-state index contributed by atoms with van der Waals surface area (Å²) in [6.07, 6.45) is -1.63. The van der Waals surface area contributed by atoms with Gasteiger partial charge in [0.2, 0.25) is 0 Å². The van der Waals surface area contributed by atoms with Crippen LogP contribution in [-0.2, 0) is 13.1 Å². The number of nitrogens with one attached hydrogen (secondary N) is 2. The van der Waals surface area contributed by atoms with E-state index >= 15 is 0 Å². The zero-order valence-corrected chi connectivity index (χ0v) is 34.9. The van der Waals surface area contributed by atoms with Crippen LogP contribution >= 0.6 is 81.5 Å². The second-order valence-corrected chi connectivity index (χ2v) is 16.6. The molecule has 0 aromatic heterocycles. The number of benzene rings is 6. The van der Waals surface area contributed by atoms with E-state index in [1.807, 2.05) is 84.9 Å². The van der Waals surface area contributed by atoms with Crippen LogP contribution in [0.4, 0.5) is 11.4 Å². The molecule has 0 aliphatic carbocycles. The van der Waals surface area contributed by atoms with Crippen LogP contribution in [0.1, 0.15) is 48.3 Å². The first-order valence-electron chi connectivity index (χ1n) is 16.9. The Kier molecular flexibility index (Phi) is 15.6. The number of aromatic hydroxyl groups is 2. The fourth-order valence-corrected chi connectivity index (χ4v) is 8.41. The molecule has 0 amide bonds. The lowest BCUT2D eigenvalue weighted by Crippen LogP contribution is -2.03. The monoisotopic (exact) mass is 872 g/mol. The highest BCUT2D eigenvalue weighted by Gasteiger charge is 2.16. The van der Waals surface area contributed by atoms with Crippen molar-refractivity contribution in [1.29, 1.82) is 0 Å². The van der Waals surface area contributed by atoms with Crippen LogP contribution in [-0.4, -0.2) is 20.4 Å². The van der Waals surface area contributed by atoms with Gasteiger partial charge in [-0.05, 0) is 97.8 Å². The van der Waals surface area contributed by atoms with Crippen molar-refractivity contribution in [2.24, 2.45) is 0 Å². The molecule has 0 heterocycles. The number of phenols is 2. The first-order valence-corrected chi connectivity index (χ1v) is 20.4. The second kappa shape index (κ2) is 20.1. The highest BCUT2D eigenvalue weighted by Crippen LogP contribution is 2.39. The van der Waals surface area contributed by atoms with E-state index in [1.54, 1.807) is 67.7 Å². The fourth-order valence-electron chi connectivity index (χ4n) is 5.35. The molecule has 6 rings (SSSR count). The maximum Gasteiger partial charge on any atom is 0.144 e. The van der Waals surface area contributed by atoms with Crippen LogP contribution < -0.4 is 10.6 Å². The molecular weight excluding hydrogens is 838 g/mol. The molecule has 6 nitrogen and oxygen atoms in total. The molecular formula is C42H37Cl5N2O4S2. The molecule has 0 radical (unpaired) electrons. The summed E-state index contributed by atoms with van der Waals surface area (Å²) >= 11 is 33.6. The summed E-state index contributed by atoms with van der Waals surface area (Å²) in [5.41, 5.74) is 3.84. The molecule has 0 saturated heterocycles. The van der Waals surface area contributed by atoms with Crippen molar-refractivity contribution < 1.29 is 20.4 Å². The summed E-state index contributed by atoms with van der Waals surface area (Å²) < 4.78 is 0. The Morgan fingerprint density at radius 2 is 0.982 bits per heavy atom. The number of aliphatic hydroxyl groups excluding tert-OH is 2. The van der Waals surface area contributed by atoms with Crippen LogP contribution in [0.15, 0.2) is 135 Å². The highest BCUT2D eigenvalue weighted by atomic mass is 35.5. The quantitative estimate of drug-likeness (QED) is 0.0676. The predicted octanol–water partition coefficient (Wildman–Crippen LogP) is 13.7. The van der Waals surface area contributed by atoms with Gasteiger partial charge in [0, 0.05) is 58.9 Å². The van der Waals surface area contributed by atoms with E-state index in [0.717, 1.165) is 30.7 Å². The summed E-state index contributed by atoms with van der Waals surface area (Å²) in [5.74, 6) is 0.00314. The van der Waals surface area contributed by atoms with Gasteiger partial charge in [0.15, 0.2) is 0 Å². The molecule has 286 valence electrons. The highest BCUT2D eigenvalue weighted by molar-refractivity contribution is 7.99. The number of hydrogen-bond acceptors (Lipinski definition) is 8. The largest absolute Gasteiger partial charge is 0.505 e. The maximum absolute atomic E-state index is 10.4. The molecule has 0 spiro atoms. The Bertz CT molecular complexity index is 2260. The molecule has 0 saturated carbocycles. The zero-order valence-electron chi connectivity index (χ0n) is 29.5. The molecule has 55 heavy (non-hydrogen) atoms. The van der Waals surface area contributed by atoms with Crippen molar-refractivity contribution in [2.45, 2.75) is 58.7 Å². The Morgan fingerprint density at radius 3 is 1.44 bits per heavy atom. The van der Waals surface area contributed by atoms with Gasteiger partial charge in [0.05, 0.1) is 33.6 Å². The van der Waals surface area contributed by atoms with E-state index in [-0.39, 0.29) is 11.5 Å². The lowest BCUT2D eigenvalue weighted by atomic mass is 10.1. The van der Waals surface area contributed by atoms with Gasteiger partial charge >= 0.3 is 0 Å². The minimum atomic E-state index is -0.822. The number of hydrogen-bond donors (Lipinski definition) is 6. The third-order valence-corrected chi connectivity index (χ3v) is 11.8. The zero-order chi connectivity index (χ0) is 39.6. The van der Waals surface area contributed by atoms with Gasteiger partial charge < -0.3 is 31.1 Å². The normalized spacial score (nSPS) is 12.0. The number of rotatable bonds is 12. The number of aliphatic hydroxyl groups is 2. The molecule has 6 N–H and O–H groups in total. The summed E-state index contributed by atoms with van der Waals surface area (Å²) in [7, 11) is 0. The van der Waals surface area contributed by atoms with Crippen LogP contribution in [0.2, 0.25) is 25.1 Å². The van der Waals surface area contributed by atoms with Gasteiger partial charge in [-0.15, -0.1) is 0 Å². The smallest absolute Gasteiger partial charge is 0.144 e. The molecule has 0 fully saturated rings. The summed E-state index contributed by atoms with van der Waals surface area (Å²) in [4.78, 5) is 4.16. The first-order chi connectivity index (χ1) is 26.3. The molecule has 0 bridgehead atoms. The van der Waals surface area contributed by atoms with E-state index in [9.17, 15) is 20.4 Å². The molecule has 6 aromatic carbocycles. The summed E-state index contributed by atoms with van der Waals surface area (Å²) in [6.45, 7) is 4.14. The van der Waals surface area contributed by atoms with E-state index in [1.165, 1.54) is 0 Å². The topological polar surface area (TPSA) is 105 Å². The lowest BCUT2D eigenvalue weighted by molar-refractivity contribution is 0.194. The molecule has 2 unspecified atom stereocenters. The van der Waals surface area contributed by atoms with Crippen molar-refractivity contribution in [2.75, 3.05) is 10.6 Å². The Morgan fingerprint density at radius 1 is 0.509 bits per heavy atom. The molecule has 0 aliphatic heterocycles. The van der Waals surface area contributed by atoms with Crippen LogP contribution in [0.3, 0.4) is 0 Å². The fraction of sp³-hybridized carbons (Fsp3) is 0.143. The third kappa shape index (κ3) is 12.0. The van der Waals surface area contributed by atoms with Crippen molar-refractivity contribution in [3.63, 3.8) is 0 Å². The molecule has 2 atom stereocenters. The summed E-state index contributed by atoms with van der Waals surface area (Å²) in [5, 5.41) is 49.5. The van der Waals surface area contributed by atoms with E-state index in [0.29, 0.717) is 60.7 Å². The van der Waals surface area contributed by atoms with Crippen LogP contribution in [0.5, 0.6) is 11.5 Å². The Labute approximate surface area is 354 Å². The summed E-state index contributed by atoms with van der Waals surface area (Å²) in [6, 6.07) is 35.6. The number of anilines is 2. The van der Waals surface area contributed by atoms with Crippen molar-refractivity contribution >= 4 is 92.9 Å². The Balaban J connectivity index is 0.000000211. The van der Waals surface area contributed by atoms with E-state index < -0.39 is 12.2 Å². The minimum Gasteiger partial charge on any atom is -0.505 e.